The van der Waals surface area contributed by atoms with Crippen LogP contribution in [0.2, 0.25) is 6.55 Å². The van der Waals surface area contributed by atoms with Crippen LogP contribution in [-0.2, 0) is 22.8 Å². The van der Waals surface area contributed by atoms with Gasteiger partial charge < -0.3 is 18.0 Å². The zero-order chi connectivity index (χ0) is 21.8. The summed E-state index contributed by atoms with van der Waals surface area (Å²) in [4.78, 5) is 10.8. The fourth-order valence-corrected chi connectivity index (χ4v) is 5.85. The smallest absolute Gasteiger partial charge is 0.443 e. The second kappa shape index (κ2) is 9.35. The molecule has 0 aromatic heterocycles. The number of carbonyl (C=O) groups is 1. The zero-order valence-electron chi connectivity index (χ0n) is 16.8. The van der Waals surface area contributed by atoms with Crippen molar-refractivity contribution in [3.05, 3.63) is 0 Å². The Bertz CT molecular complexity index is 514. The molecule has 0 heterocycles. The maximum absolute atomic E-state index is 13.8. The summed E-state index contributed by atoms with van der Waals surface area (Å²) in [7, 11) is -2.25. The van der Waals surface area contributed by atoms with Crippen LogP contribution in [0.3, 0.4) is 0 Å². The highest BCUT2D eigenvalue weighted by Gasteiger charge is 2.83. The van der Waals surface area contributed by atoms with Crippen molar-refractivity contribution in [2.75, 3.05) is 19.8 Å². The molecule has 0 amide bonds. The van der Waals surface area contributed by atoms with Crippen LogP contribution in [0.5, 0.6) is 0 Å². The highest BCUT2D eigenvalue weighted by Crippen LogP contribution is 2.66. The van der Waals surface area contributed by atoms with Crippen molar-refractivity contribution in [2.24, 2.45) is 11.8 Å². The Labute approximate surface area is 163 Å². The van der Waals surface area contributed by atoms with E-state index in [0.29, 0.717) is 19.8 Å². The number of ether oxygens (including phenoxy) is 1. The number of carbonyl (C=O) groups excluding carboxylic acids is 1. The molecule has 11 heteroatoms. The molecule has 3 unspecified atom stereocenters. The minimum Gasteiger partial charge on any atom is -0.443 e. The van der Waals surface area contributed by atoms with Crippen LogP contribution in [-0.4, -0.2) is 52.3 Å². The molecule has 2 fully saturated rings. The first-order valence-electron chi connectivity index (χ1n) is 9.37. The second-order valence-corrected chi connectivity index (χ2v) is 9.41. The van der Waals surface area contributed by atoms with Gasteiger partial charge in [-0.1, -0.05) is 0 Å². The first-order valence-corrected chi connectivity index (χ1v) is 11.6. The monoisotopic (exact) mass is 436 g/mol. The summed E-state index contributed by atoms with van der Waals surface area (Å²) in [5.74, 6) is -8.02. The summed E-state index contributed by atoms with van der Waals surface area (Å²) in [6.07, 6.45) is -5.41. The van der Waals surface area contributed by atoms with Gasteiger partial charge in [0.05, 0.1) is 0 Å². The number of fused-ring (bicyclic) bond motifs is 2. The summed E-state index contributed by atoms with van der Waals surface area (Å²) in [6.45, 7) is 10.4. The van der Waals surface area contributed by atoms with Crippen molar-refractivity contribution in [1.82, 2.24) is 0 Å². The Hall–Kier alpha value is -0.783. The van der Waals surface area contributed by atoms with Gasteiger partial charge in [-0.05, 0) is 40.0 Å². The van der Waals surface area contributed by atoms with Gasteiger partial charge >= 0.3 is 21.0 Å². The van der Waals surface area contributed by atoms with E-state index in [4.69, 9.17) is 13.3 Å². The highest BCUT2D eigenvalue weighted by molar-refractivity contribution is 6.59. The average molecular weight is 436 g/mol. The Balaban J connectivity index is 0.000000311. The Morgan fingerprint density at radius 1 is 1.00 bits per heavy atom. The average Bonchev–Trinajstić information content (AvgIpc) is 3.09. The fraction of sp³-hybridized carbons (Fsp3) is 0.941. The number of esters is 1. The van der Waals surface area contributed by atoms with Crippen LogP contribution in [0.4, 0.5) is 22.0 Å². The molecule has 166 valence electrons. The predicted molar refractivity (Wildman–Crippen MR) is 92.8 cm³/mol. The topological polar surface area (TPSA) is 54.0 Å². The molecule has 28 heavy (non-hydrogen) atoms. The van der Waals surface area contributed by atoms with Crippen LogP contribution in [0.15, 0.2) is 0 Å². The van der Waals surface area contributed by atoms with Crippen molar-refractivity contribution >= 4 is 14.8 Å². The van der Waals surface area contributed by atoms with E-state index >= 15 is 0 Å². The standard InChI is InChI=1S/C10H11F5O2.C7H18O3Si/c1-5(16)17-8(10(13,14)15)6-2-3-7(4-6)9(8,11)12;1-5-8-11(4,9-6-2)10-7-3/h6-7H,2-4H2,1H3;5-7H2,1-4H3. The minimum atomic E-state index is -5.25. The molecule has 0 N–H and O–H groups in total. The van der Waals surface area contributed by atoms with E-state index in [2.05, 4.69) is 4.74 Å². The maximum atomic E-state index is 13.8. The van der Waals surface area contributed by atoms with Crippen molar-refractivity contribution < 1.29 is 44.8 Å². The molecule has 2 saturated carbocycles. The molecule has 0 radical (unpaired) electrons. The van der Waals surface area contributed by atoms with E-state index < -0.39 is 44.3 Å². The molecular formula is C17H29F5O5Si. The van der Waals surface area contributed by atoms with E-state index in [-0.39, 0.29) is 19.3 Å². The van der Waals surface area contributed by atoms with Crippen molar-refractivity contribution in [1.29, 1.82) is 0 Å². The lowest BCUT2D eigenvalue weighted by atomic mass is 9.80. The number of alkyl halides is 5. The lowest BCUT2D eigenvalue weighted by Gasteiger charge is -2.43. The molecule has 0 aromatic rings. The van der Waals surface area contributed by atoms with Gasteiger partial charge in [0.25, 0.3) is 11.5 Å². The summed E-state index contributed by atoms with van der Waals surface area (Å²) >= 11 is 0. The van der Waals surface area contributed by atoms with E-state index in [1.807, 2.05) is 27.3 Å². The normalized spacial score (nSPS) is 28.6. The Morgan fingerprint density at radius 3 is 1.71 bits per heavy atom. The second-order valence-electron chi connectivity index (χ2n) is 6.82. The van der Waals surface area contributed by atoms with Crippen LogP contribution in [0, 0.1) is 11.8 Å². The lowest BCUT2D eigenvalue weighted by Crippen LogP contribution is -2.64. The first kappa shape index (κ1) is 25.3. The predicted octanol–water partition coefficient (Wildman–Crippen LogP) is 4.58. The van der Waals surface area contributed by atoms with Gasteiger partial charge in [0.2, 0.25) is 0 Å². The summed E-state index contributed by atoms with van der Waals surface area (Å²) < 4.78 is 86.9. The molecular weight excluding hydrogens is 407 g/mol. The fourth-order valence-electron chi connectivity index (χ4n) is 4.02. The van der Waals surface area contributed by atoms with Gasteiger partial charge in [0, 0.05) is 45.1 Å². The van der Waals surface area contributed by atoms with Gasteiger partial charge in [0.15, 0.2) is 0 Å². The molecule has 0 saturated heterocycles. The van der Waals surface area contributed by atoms with Gasteiger partial charge in [-0.2, -0.15) is 13.2 Å². The highest BCUT2D eigenvalue weighted by atomic mass is 28.4. The van der Waals surface area contributed by atoms with Crippen molar-refractivity contribution in [3.63, 3.8) is 0 Å². The maximum Gasteiger partial charge on any atom is 0.497 e. The molecule has 3 atom stereocenters. The number of hydrogen-bond donors (Lipinski definition) is 0. The van der Waals surface area contributed by atoms with Gasteiger partial charge in [-0.15, -0.1) is 0 Å². The summed E-state index contributed by atoms with van der Waals surface area (Å²) in [5.41, 5.74) is -3.62. The van der Waals surface area contributed by atoms with Gasteiger partial charge in [0.1, 0.15) is 0 Å². The van der Waals surface area contributed by atoms with Crippen LogP contribution < -0.4 is 0 Å². The largest absolute Gasteiger partial charge is 0.497 e. The van der Waals surface area contributed by atoms with E-state index in [0.717, 1.165) is 6.92 Å². The van der Waals surface area contributed by atoms with E-state index in [1.165, 1.54) is 0 Å². The Kier molecular flexibility index (Phi) is 8.44. The molecule has 0 aromatic carbocycles. The molecule has 0 aliphatic heterocycles. The summed E-state index contributed by atoms with van der Waals surface area (Å²) in [5, 5.41) is 0. The SMILES string of the molecule is CC(=O)OC1(C(F)(F)F)C2CCC(C2)C1(F)F.CCO[Si](C)(OCC)OCC. The number of rotatable bonds is 7. The third-order valence-electron chi connectivity index (χ3n) is 4.96. The molecule has 2 rings (SSSR count). The van der Waals surface area contributed by atoms with E-state index in [9.17, 15) is 26.7 Å². The van der Waals surface area contributed by atoms with Gasteiger partial charge in [-0.25, -0.2) is 8.78 Å². The van der Waals surface area contributed by atoms with Crippen molar-refractivity contribution in [3.8, 4) is 0 Å². The Morgan fingerprint density at radius 2 is 1.43 bits per heavy atom. The van der Waals surface area contributed by atoms with Gasteiger partial charge in [-0.3, -0.25) is 4.79 Å². The molecule has 0 spiro atoms. The number of halogens is 5. The molecule has 2 aliphatic carbocycles. The van der Waals surface area contributed by atoms with E-state index in [1.54, 1.807) is 0 Å². The third-order valence-corrected chi connectivity index (χ3v) is 7.40. The zero-order valence-corrected chi connectivity index (χ0v) is 17.8. The van der Waals surface area contributed by atoms with Crippen LogP contribution >= 0.6 is 0 Å². The molecule has 2 bridgehead atoms. The number of hydrogen-bond acceptors (Lipinski definition) is 5. The minimum absolute atomic E-state index is 0.0209. The third kappa shape index (κ3) is 4.85. The molecule has 5 nitrogen and oxygen atoms in total. The van der Waals surface area contributed by atoms with Crippen LogP contribution in [0.25, 0.3) is 0 Å². The molecule has 2 aliphatic rings. The lowest BCUT2D eigenvalue weighted by molar-refractivity contribution is -0.349. The quantitative estimate of drug-likeness (QED) is 0.332. The van der Waals surface area contributed by atoms with Crippen molar-refractivity contribution in [2.45, 2.75) is 71.2 Å². The summed E-state index contributed by atoms with van der Waals surface area (Å²) in [6, 6.07) is 0. The van der Waals surface area contributed by atoms with Crippen LogP contribution in [0.1, 0.15) is 47.0 Å². The first-order chi connectivity index (χ1) is 12.8.